The molecule has 0 aliphatic heterocycles. The number of hydrogen-bond acceptors (Lipinski definition) is 22. The topological polar surface area (TPSA) is 365 Å². The Balaban J connectivity index is 0.000000215. The van der Waals surface area contributed by atoms with Crippen molar-refractivity contribution in [2.45, 2.75) is 41.0 Å². The van der Waals surface area contributed by atoms with Gasteiger partial charge in [-0.05, 0) is 148 Å². The van der Waals surface area contributed by atoms with Gasteiger partial charge in [-0.2, -0.15) is 25.8 Å². The van der Waals surface area contributed by atoms with Gasteiger partial charge in [-0.15, -0.1) is 0 Å². The molecule has 0 atom stereocenters. The Morgan fingerprint density at radius 3 is 1.21 bits per heavy atom. The summed E-state index contributed by atoms with van der Waals surface area (Å²) in [6.45, 7) is 9.87. The summed E-state index contributed by atoms with van der Waals surface area (Å²) in [7, 11) is 4.04. The van der Waals surface area contributed by atoms with E-state index in [4.69, 9.17) is 122 Å². The molecule has 0 aliphatic carbocycles. The van der Waals surface area contributed by atoms with E-state index >= 15 is 0 Å². The first-order chi connectivity index (χ1) is 45.4. The van der Waals surface area contributed by atoms with Crippen molar-refractivity contribution < 1.29 is 30.1 Å². The summed E-state index contributed by atoms with van der Waals surface area (Å²) in [6, 6.07) is 30.7. The minimum Gasteiger partial charge on any atom is -0.508 e. The van der Waals surface area contributed by atoms with Gasteiger partial charge < -0.3 is 46.5 Å². The fourth-order valence-corrected chi connectivity index (χ4v) is 7.90. The van der Waals surface area contributed by atoms with Crippen LogP contribution in [0.15, 0.2) is 159 Å². The van der Waals surface area contributed by atoms with Gasteiger partial charge in [-0.1, -0.05) is 77.1 Å². The van der Waals surface area contributed by atoms with E-state index in [1.54, 1.807) is 93.6 Å². The predicted octanol–water partition coefficient (Wildman–Crippen LogP) is 13.8. The van der Waals surface area contributed by atoms with Crippen molar-refractivity contribution in [3.8, 4) is 68.9 Å². The third-order valence-electron chi connectivity index (χ3n) is 12.2. The number of rotatable bonds is 12. The summed E-state index contributed by atoms with van der Waals surface area (Å²) in [5, 5.41) is 82.0. The second kappa shape index (κ2) is 37.5. The highest BCUT2D eigenvalue weighted by Crippen LogP contribution is 2.32. The first-order valence-electron chi connectivity index (χ1n) is 28.1. The monoisotopic (exact) mass is 1440 g/mol. The highest BCUT2D eigenvalue weighted by Gasteiger charge is 2.18. The fourth-order valence-electron chi connectivity index (χ4n) is 6.77. The summed E-state index contributed by atoms with van der Waals surface area (Å²) in [5.74, 6) is 2.03. The van der Waals surface area contributed by atoms with Crippen molar-refractivity contribution in [2.24, 2.45) is 32.0 Å². The standard InChI is InChI=1S/C19H19ClN6O.C14H12ClN5O.C10H6Cl2N2O.C6H7BO3.C6H11N.C4HCl3N2.C4H7N3/c1-19(2,11-21)12-27-15-6-4-13(5-7-15)17-16(20)9-22-18(25-17)24-14-8-23-26(3)10-14;1-20-8-10(6-17-20)18-14-16-7-12(15)13(19-14)9-2-4-11(21)5-3-9;11-8-5-13-10(12)14-9(8)6-1-3-7(15)4-2-6;8-6-3-1-5(2-4-6)7(9)10;1-4-6(2,3)5-7;5-2-1-8-4(7)9-3(2)6;1-7-3-4(5)2-6-7/h4-10H,12H2,1-3H3,(H,22,24,25);2-8,21H,1H3,(H,16,18,19);1-5,15H;1-4,8-10H;4H2,1-3H3;1H;2-3H,5H2,1H3. The Morgan fingerprint density at radius 1 is 0.500 bits per heavy atom. The summed E-state index contributed by atoms with van der Waals surface area (Å²) in [4.78, 5) is 32.2. The summed E-state index contributed by atoms with van der Waals surface area (Å²) in [5.41, 5.74) is 11.5. The van der Waals surface area contributed by atoms with Crippen LogP contribution in [0, 0.1) is 33.5 Å². The fraction of sp³-hybridized carbons (Fsp3) is 0.190. The number of aromatic hydroxyl groups is 3. The number of ether oxygens (including phenoxy) is 1. The van der Waals surface area contributed by atoms with Crippen molar-refractivity contribution >= 4 is 123 Å². The Morgan fingerprint density at radius 2 is 0.875 bits per heavy atom. The molecule has 0 unspecified atom stereocenters. The average molecular weight is 1440 g/mol. The Hall–Kier alpha value is -9.58. The SMILES string of the molecule is CCC(C)(C)C#N.Clc1ncc(Cl)c(Cl)n1.Cn1cc(N)cn1.Cn1cc(Nc2ncc(Cl)c(-c3ccc(O)cc3)n2)cn1.Cn1cc(Nc2ncc(Cl)c(-c3ccc(OCC(C)(C)C#N)cc3)n2)cn1.OB(O)c1ccc(O)cc1.Oc1ccc(-c2nc(Cl)ncc2Cl)cc1. The van der Waals surface area contributed by atoms with Gasteiger partial charge in [0.2, 0.25) is 22.5 Å². The van der Waals surface area contributed by atoms with Crippen molar-refractivity contribution in [3.05, 3.63) is 195 Å². The van der Waals surface area contributed by atoms with E-state index in [1.165, 1.54) is 42.9 Å². The van der Waals surface area contributed by atoms with Crippen LogP contribution in [0.2, 0.25) is 35.8 Å². The maximum absolute atomic E-state index is 9.34. The lowest BCUT2D eigenvalue weighted by atomic mass is 9.80. The number of nitriles is 2. The molecule has 7 aromatic heterocycles. The molecule has 33 heteroatoms. The van der Waals surface area contributed by atoms with Gasteiger partial charge in [0.05, 0.1) is 121 Å². The number of hydrogen-bond donors (Lipinski definition) is 8. The number of aromatic nitrogens is 14. The minimum atomic E-state index is -1.46. The number of nitrogens with two attached hydrogens (primary N) is 1. The number of anilines is 5. The lowest BCUT2D eigenvalue weighted by Crippen LogP contribution is -2.29. The maximum Gasteiger partial charge on any atom is 0.488 e. The number of nitrogens with zero attached hydrogens (tertiary/aromatic N) is 16. The van der Waals surface area contributed by atoms with E-state index in [1.807, 2.05) is 92.4 Å². The van der Waals surface area contributed by atoms with Crippen molar-refractivity contribution in [3.63, 3.8) is 0 Å². The third-order valence-corrected chi connectivity index (χ3v) is 14.1. The van der Waals surface area contributed by atoms with Gasteiger partial charge in [0.25, 0.3) is 0 Å². The molecule has 0 amide bonds. The van der Waals surface area contributed by atoms with Gasteiger partial charge in [-0.25, -0.2) is 39.9 Å². The smallest absolute Gasteiger partial charge is 0.488 e. The third kappa shape index (κ3) is 26.7. The number of nitrogen functional groups attached to an aromatic ring is 1. The van der Waals surface area contributed by atoms with Gasteiger partial charge in [0.1, 0.15) is 29.6 Å². The lowest BCUT2D eigenvalue weighted by Gasteiger charge is -2.16. The average Bonchev–Trinajstić information content (AvgIpc) is 1.18. The van der Waals surface area contributed by atoms with Crippen LogP contribution in [0.1, 0.15) is 41.0 Å². The van der Waals surface area contributed by atoms with Gasteiger partial charge in [0, 0.05) is 56.4 Å². The Kier molecular flexibility index (Phi) is 30.1. The quantitative estimate of drug-likeness (QED) is 0.0320. The molecule has 0 aliphatic rings. The van der Waals surface area contributed by atoms with Gasteiger partial charge in [0.15, 0.2) is 5.15 Å². The molecular weight excluding hydrogens is 1380 g/mol. The highest BCUT2D eigenvalue weighted by molar-refractivity contribution is 6.58. The molecule has 11 aromatic rings. The molecule has 96 heavy (non-hydrogen) atoms. The molecule has 0 saturated carbocycles. The summed E-state index contributed by atoms with van der Waals surface area (Å²) in [6.07, 6.45) is 17.2. The molecular formula is C63H63BCl7N19O6. The number of nitrogens with one attached hydrogen (secondary N) is 2. The first kappa shape index (κ1) is 77.1. The second-order valence-electron chi connectivity index (χ2n) is 21.1. The van der Waals surface area contributed by atoms with Gasteiger partial charge in [-0.3, -0.25) is 14.0 Å². The van der Waals surface area contributed by atoms with Crippen LogP contribution in [-0.2, 0) is 21.1 Å². The molecule has 0 radical (unpaired) electrons. The molecule has 4 aromatic carbocycles. The Labute approximate surface area is 588 Å². The van der Waals surface area contributed by atoms with Crippen molar-refractivity contribution in [1.82, 2.24) is 69.2 Å². The predicted molar refractivity (Wildman–Crippen MR) is 376 cm³/mol. The van der Waals surface area contributed by atoms with Crippen molar-refractivity contribution in [1.29, 1.82) is 10.5 Å². The second-order valence-corrected chi connectivity index (χ2v) is 23.8. The number of phenols is 3. The van der Waals surface area contributed by atoms with E-state index in [9.17, 15) is 5.11 Å². The number of phenolic OH excluding ortho intramolecular Hbond substituents is 3. The van der Waals surface area contributed by atoms with Crippen LogP contribution in [0.4, 0.5) is 29.0 Å². The van der Waals surface area contributed by atoms with E-state index in [0.717, 1.165) is 34.5 Å². The number of aryl methyl sites for hydroxylation is 3. The van der Waals surface area contributed by atoms with Crippen LogP contribution < -0.4 is 26.6 Å². The molecule has 11 rings (SSSR count). The van der Waals surface area contributed by atoms with E-state index in [0.29, 0.717) is 72.6 Å². The van der Waals surface area contributed by atoms with E-state index in [2.05, 4.69) is 77.9 Å². The zero-order valence-corrected chi connectivity index (χ0v) is 57.8. The molecule has 25 nitrogen and oxygen atoms in total. The maximum atomic E-state index is 9.34. The summed E-state index contributed by atoms with van der Waals surface area (Å²) >= 11 is 40.3. The molecule has 0 saturated heterocycles. The van der Waals surface area contributed by atoms with Crippen LogP contribution in [0.3, 0.4) is 0 Å². The number of halogens is 7. The largest absolute Gasteiger partial charge is 0.508 e. The molecule has 0 fully saturated rings. The first-order valence-corrected chi connectivity index (χ1v) is 30.7. The molecule has 7 heterocycles. The summed E-state index contributed by atoms with van der Waals surface area (Å²) < 4.78 is 10.7. The van der Waals surface area contributed by atoms with Crippen LogP contribution in [0.5, 0.6) is 23.0 Å². The normalized spacial score (nSPS) is 10.4. The van der Waals surface area contributed by atoms with E-state index < -0.39 is 12.5 Å². The Bertz CT molecular complexity index is 4310. The van der Waals surface area contributed by atoms with Gasteiger partial charge >= 0.3 is 7.12 Å². The van der Waals surface area contributed by atoms with Crippen molar-refractivity contribution in [2.75, 3.05) is 23.0 Å². The van der Waals surface area contributed by atoms with Crippen LogP contribution in [-0.4, -0.2) is 108 Å². The molecule has 498 valence electrons. The highest BCUT2D eigenvalue weighted by atomic mass is 35.5. The zero-order chi connectivity index (χ0) is 70.7. The number of benzene rings is 4. The lowest BCUT2D eigenvalue weighted by molar-refractivity contribution is 0.227. The van der Waals surface area contributed by atoms with E-state index in [-0.39, 0.29) is 38.4 Å². The molecule has 9 N–H and O–H groups in total. The minimum absolute atomic E-state index is 0.101. The zero-order valence-electron chi connectivity index (χ0n) is 52.5. The van der Waals surface area contributed by atoms with Crippen LogP contribution in [0.25, 0.3) is 33.8 Å². The van der Waals surface area contributed by atoms with Crippen LogP contribution >= 0.6 is 81.2 Å². The molecule has 0 bridgehead atoms. The molecule has 0 spiro atoms.